The van der Waals surface area contributed by atoms with E-state index in [0.29, 0.717) is 31.7 Å². The Morgan fingerprint density at radius 2 is 1.60 bits per heavy atom. The molecule has 1 aromatic carbocycles. The van der Waals surface area contributed by atoms with Crippen LogP contribution in [0.5, 0.6) is 0 Å². The molecule has 3 saturated heterocycles. The Kier molecular flexibility index (Phi) is 5.37. The lowest BCUT2D eigenvalue weighted by Crippen LogP contribution is -2.49. The molecular weight excluding hydrogens is 378 g/mol. The molecule has 6 nitrogen and oxygen atoms in total. The monoisotopic (exact) mass is 411 g/mol. The highest BCUT2D eigenvalue weighted by molar-refractivity contribution is 5.97. The summed E-state index contributed by atoms with van der Waals surface area (Å²) >= 11 is 0. The van der Waals surface area contributed by atoms with Crippen molar-refractivity contribution in [2.45, 2.75) is 40.5 Å². The number of likely N-dealkylation sites (tertiary alicyclic amines) is 3. The number of nitrogens with zero attached hydrogens (tertiary/aromatic N) is 3. The van der Waals surface area contributed by atoms with Crippen molar-refractivity contribution < 1.29 is 14.4 Å². The van der Waals surface area contributed by atoms with Gasteiger partial charge in [-0.3, -0.25) is 14.4 Å². The molecule has 4 rings (SSSR count). The van der Waals surface area contributed by atoms with E-state index >= 15 is 0 Å². The van der Waals surface area contributed by atoms with Crippen molar-refractivity contribution in [1.29, 1.82) is 0 Å². The van der Waals surface area contributed by atoms with Gasteiger partial charge >= 0.3 is 0 Å². The van der Waals surface area contributed by atoms with Crippen LogP contribution in [0.4, 0.5) is 0 Å². The van der Waals surface area contributed by atoms with Gasteiger partial charge in [-0.15, -0.1) is 0 Å². The maximum atomic E-state index is 13.7. The average Bonchev–Trinajstić information content (AvgIpc) is 3.41. The van der Waals surface area contributed by atoms with Crippen LogP contribution in [-0.2, 0) is 9.59 Å². The first-order valence-electron chi connectivity index (χ1n) is 11.2. The predicted octanol–water partition coefficient (Wildman–Crippen LogP) is 2.48. The molecular formula is C24H33N3O3. The average molecular weight is 412 g/mol. The summed E-state index contributed by atoms with van der Waals surface area (Å²) in [6.07, 6.45) is 2.07. The Morgan fingerprint density at radius 1 is 0.967 bits per heavy atom. The summed E-state index contributed by atoms with van der Waals surface area (Å²) < 4.78 is 0. The molecule has 0 N–H and O–H groups in total. The number of benzene rings is 1. The van der Waals surface area contributed by atoms with Crippen LogP contribution in [0.3, 0.4) is 0 Å². The fraction of sp³-hybridized carbons (Fsp3) is 0.625. The van der Waals surface area contributed by atoms with E-state index in [1.807, 2.05) is 60.6 Å². The van der Waals surface area contributed by atoms with Crippen molar-refractivity contribution in [2.24, 2.45) is 17.3 Å². The van der Waals surface area contributed by atoms with Crippen LogP contribution in [0, 0.1) is 31.1 Å². The van der Waals surface area contributed by atoms with Gasteiger partial charge in [0.25, 0.3) is 5.91 Å². The summed E-state index contributed by atoms with van der Waals surface area (Å²) in [5, 5.41) is 0. The molecule has 0 radical (unpaired) electrons. The molecule has 3 aliphatic rings. The molecule has 3 amide bonds. The molecule has 2 atom stereocenters. The van der Waals surface area contributed by atoms with Crippen molar-refractivity contribution in [3.63, 3.8) is 0 Å². The standard InChI is InChI=1S/C24H33N3O3/c1-16(2)21(28)26-12-19-13-27(22(29)20-8-7-17(3)11-18(20)4)15-24(19,14-26)23(30)25-9-5-6-10-25/h7-8,11,16,19H,5-6,9-10,12-15H2,1-4H3/t19-,24-/m0/s1. The SMILES string of the molecule is Cc1ccc(C(=O)N2C[C@@H]3CN(C(=O)C(C)C)C[C@]3(C(=O)N3CCCC3)C2)c(C)c1. The van der Waals surface area contributed by atoms with E-state index in [4.69, 9.17) is 0 Å². The van der Waals surface area contributed by atoms with E-state index in [9.17, 15) is 14.4 Å². The Hall–Kier alpha value is -2.37. The van der Waals surface area contributed by atoms with E-state index in [2.05, 4.69) is 0 Å². The van der Waals surface area contributed by atoms with E-state index in [1.54, 1.807) is 0 Å². The zero-order valence-corrected chi connectivity index (χ0v) is 18.6. The topological polar surface area (TPSA) is 60.9 Å². The van der Waals surface area contributed by atoms with Crippen molar-refractivity contribution in [3.05, 3.63) is 34.9 Å². The molecule has 0 aliphatic carbocycles. The van der Waals surface area contributed by atoms with E-state index in [-0.39, 0.29) is 29.6 Å². The first-order valence-corrected chi connectivity index (χ1v) is 11.2. The summed E-state index contributed by atoms with van der Waals surface area (Å²) in [6, 6.07) is 5.88. The minimum Gasteiger partial charge on any atom is -0.342 e. The number of amides is 3. The number of rotatable bonds is 3. The quantitative estimate of drug-likeness (QED) is 0.768. The second kappa shape index (κ2) is 7.71. The molecule has 3 heterocycles. The van der Waals surface area contributed by atoms with Crippen LogP contribution in [0.15, 0.2) is 18.2 Å². The van der Waals surface area contributed by atoms with Gasteiger partial charge in [0.1, 0.15) is 0 Å². The smallest absolute Gasteiger partial charge is 0.254 e. The van der Waals surface area contributed by atoms with Gasteiger partial charge in [-0.05, 0) is 38.3 Å². The third-order valence-corrected chi connectivity index (χ3v) is 7.13. The highest BCUT2D eigenvalue weighted by atomic mass is 16.2. The second-order valence-corrected chi connectivity index (χ2v) is 9.73. The molecule has 0 aromatic heterocycles. The fourth-order valence-electron chi connectivity index (χ4n) is 5.51. The summed E-state index contributed by atoms with van der Waals surface area (Å²) in [6.45, 7) is 11.3. The molecule has 3 aliphatic heterocycles. The summed E-state index contributed by atoms with van der Waals surface area (Å²) in [5.41, 5.74) is 2.14. The van der Waals surface area contributed by atoms with Gasteiger partial charge in [-0.2, -0.15) is 0 Å². The molecule has 162 valence electrons. The molecule has 6 heteroatoms. The first-order chi connectivity index (χ1) is 14.2. The highest BCUT2D eigenvalue weighted by Gasteiger charge is 2.60. The predicted molar refractivity (Wildman–Crippen MR) is 115 cm³/mol. The van der Waals surface area contributed by atoms with Crippen LogP contribution in [0.2, 0.25) is 0 Å². The van der Waals surface area contributed by atoms with Gasteiger partial charge in [0.15, 0.2) is 0 Å². The third kappa shape index (κ3) is 3.40. The van der Waals surface area contributed by atoms with Crippen LogP contribution >= 0.6 is 0 Å². The molecule has 0 spiro atoms. The molecule has 0 bridgehead atoms. The van der Waals surface area contributed by atoms with E-state index < -0.39 is 5.41 Å². The lowest BCUT2D eigenvalue weighted by atomic mass is 9.79. The lowest BCUT2D eigenvalue weighted by Gasteiger charge is -2.32. The summed E-state index contributed by atoms with van der Waals surface area (Å²) in [4.78, 5) is 45.4. The van der Waals surface area contributed by atoms with Gasteiger partial charge < -0.3 is 14.7 Å². The number of aryl methyl sites for hydroxylation is 2. The minimum absolute atomic E-state index is 0.00256. The molecule has 30 heavy (non-hydrogen) atoms. The lowest BCUT2D eigenvalue weighted by molar-refractivity contribution is -0.141. The number of carbonyl (C=O) groups excluding carboxylic acids is 3. The van der Waals surface area contributed by atoms with Crippen LogP contribution < -0.4 is 0 Å². The van der Waals surface area contributed by atoms with E-state index in [1.165, 1.54) is 0 Å². The second-order valence-electron chi connectivity index (χ2n) is 9.73. The first kappa shape index (κ1) is 20.9. The third-order valence-electron chi connectivity index (χ3n) is 7.13. The normalized spacial score (nSPS) is 25.9. The number of hydrogen-bond donors (Lipinski definition) is 0. The number of carbonyl (C=O) groups is 3. The minimum atomic E-state index is -0.664. The highest BCUT2D eigenvalue weighted by Crippen LogP contribution is 2.45. The largest absolute Gasteiger partial charge is 0.342 e. The maximum Gasteiger partial charge on any atom is 0.254 e. The molecule has 0 unspecified atom stereocenters. The van der Waals surface area contributed by atoms with Crippen LogP contribution in [0.1, 0.15) is 48.2 Å². The Balaban J connectivity index is 1.61. The zero-order valence-electron chi connectivity index (χ0n) is 18.6. The van der Waals surface area contributed by atoms with Crippen LogP contribution in [-0.4, -0.2) is 71.7 Å². The Morgan fingerprint density at radius 3 is 2.23 bits per heavy atom. The molecule has 0 saturated carbocycles. The number of fused-ring (bicyclic) bond motifs is 1. The van der Waals surface area contributed by atoms with Gasteiger partial charge in [-0.25, -0.2) is 0 Å². The fourth-order valence-corrected chi connectivity index (χ4v) is 5.51. The van der Waals surface area contributed by atoms with Gasteiger partial charge in [0.05, 0.1) is 5.41 Å². The van der Waals surface area contributed by atoms with E-state index in [0.717, 1.165) is 37.1 Å². The van der Waals surface area contributed by atoms with Crippen LogP contribution in [0.25, 0.3) is 0 Å². The van der Waals surface area contributed by atoms with Crippen molar-refractivity contribution in [3.8, 4) is 0 Å². The van der Waals surface area contributed by atoms with Gasteiger partial charge in [-0.1, -0.05) is 31.5 Å². The molecule has 3 fully saturated rings. The number of hydrogen-bond acceptors (Lipinski definition) is 3. The van der Waals surface area contributed by atoms with Gasteiger partial charge in [0, 0.05) is 56.7 Å². The Bertz CT molecular complexity index is 874. The van der Waals surface area contributed by atoms with Crippen molar-refractivity contribution in [2.75, 3.05) is 39.3 Å². The molecule has 1 aromatic rings. The van der Waals surface area contributed by atoms with Crippen molar-refractivity contribution >= 4 is 17.7 Å². The maximum absolute atomic E-state index is 13.7. The zero-order chi connectivity index (χ0) is 21.6. The summed E-state index contributed by atoms with van der Waals surface area (Å²) in [7, 11) is 0. The van der Waals surface area contributed by atoms with Crippen molar-refractivity contribution in [1.82, 2.24) is 14.7 Å². The Labute approximate surface area is 179 Å². The summed E-state index contributed by atoms with van der Waals surface area (Å²) in [5.74, 6) is 0.154. The van der Waals surface area contributed by atoms with Gasteiger partial charge in [0.2, 0.25) is 11.8 Å².